The number of halogens is 1. The highest BCUT2D eigenvalue weighted by atomic mass is 19.1. The maximum absolute atomic E-state index is 13.0. The summed E-state index contributed by atoms with van der Waals surface area (Å²) < 4.78 is 17.9. The number of nitrogens with zero attached hydrogens (tertiary/aromatic N) is 4. The number of aromatic nitrogens is 4. The highest BCUT2D eigenvalue weighted by molar-refractivity contribution is 6.01. The Bertz CT molecular complexity index is 956. The van der Waals surface area contributed by atoms with E-state index in [-0.39, 0.29) is 30.4 Å². The van der Waals surface area contributed by atoms with Crippen LogP contribution in [-0.2, 0) is 16.1 Å². The van der Waals surface area contributed by atoms with E-state index in [2.05, 4.69) is 20.7 Å². The van der Waals surface area contributed by atoms with E-state index < -0.39 is 11.9 Å². The molecule has 1 amide bonds. The number of tetrazole rings is 1. The highest BCUT2D eigenvalue weighted by Gasteiger charge is 2.15. The number of hydrogen-bond donors (Lipinski definition) is 1. The Hall–Kier alpha value is -3.62. The van der Waals surface area contributed by atoms with E-state index in [9.17, 15) is 14.0 Å². The van der Waals surface area contributed by atoms with Gasteiger partial charge in [0.15, 0.2) is 0 Å². The van der Waals surface area contributed by atoms with Crippen molar-refractivity contribution in [3.05, 3.63) is 59.9 Å². The van der Waals surface area contributed by atoms with Gasteiger partial charge in [-0.25, -0.2) is 9.18 Å². The zero-order chi connectivity index (χ0) is 19.2. The van der Waals surface area contributed by atoms with Crippen LogP contribution in [0, 0.1) is 5.82 Å². The third kappa shape index (κ3) is 4.51. The Balaban J connectivity index is 1.69. The van der Waals surface area contributed by atoms with Gasteiger partial charge in [-0.05, 0) is 48.5 Å². The Labute approximate surface area is 154 Å². The molecule has 138 valence electrons. The SMILES string of the molecule is CCOC(=O)c1ccccc1NC(=O)Cn1nnc(-c2ccc(F)cc2)n1. The van der Waals surface area contributed by atoms with Gasteiger partial charge in [-0.3, -0.25) is 4.79 Å². The highest BCUT2D eigenvalue weighted by Crippen LogP contribution is 2.17. The molecule has 0 spiro atoms. The average Bonchev–Trinajstić information content (AvgIpc) is 3.11. The molecule has 1 aromatic heterocycles. The van der Waals surface area contributed by atoms with E-state index in [4.69, 9.17) is 4.74 Å². The van der Waals surface area contributed by atoms with Crippen LogP contribution in [0.5, 0.6) is 0 Å². The van der Waals surface area contributed by atoms with Crippen molar-refractivity contribution in [1.82, 2.24) is 20.2 Å². The zero-order valence-electron chi connectivity index (χ0n) is 14.4. The number of esters is 1. The van der Waals surface area contributed by atoms with Crippen LogP contribution in [0.25, 0.3) is 11.4 Å². The number of anilines is 1. The molecule has 1 heterocycles. The minimum Gasteiger partial charge on any atom is -0.462 e. The smallest absolute Gasteiger partial charge is 0.340 e. The van der Waals surface area contributed by atoms with E-state index in [1.807, 2.05) is 0 Å². The topological polar surface area (TPSA) is 99.0 Å². The van der Waals surface area contributed by atoms with Crippen LogP contribution in [0.2, 0.25) is 0 Å². The second-order valence-corrected chi connectivity index (χ2v) is 5.46. The van der Waals surface area contributed by atoms with Crippen molar-refractivity contribution in [1.29, 1.82) is 0 Å². The molecule has 3 aromatic rings. The van der Waals surface area contributed by atoms with Crippen LogP contribution >= 0.6 is 0 Å². The molecule has 0 unspecified atom stereocenters. The molecule has 1 N–H and O–H groups in total. The van der Waals surface area contributed by atoms with E-state index in [0.717, 1.165) is 4.80 Å². The van der Waals surface area contributed by atoms with Gasteiger partial charge in [0.2, 0.25) is 11.7 Å². The predicted molar refractivity (Wildman–Crippen MR) is 94.2 cm³/mol. The van der Waals surface area contributed by atoms with Gasteiger partial charge in [-0.1, -0.05) is 12.1 Å². The van der Waals surface area contributed by atoms with Crippen molar-refractivity contribution in [3.63, 3.8) is 0 Å². The predicted octanol–water partition coefficient (Wildman–Crippen LogP) is 2.29. The molecule has 8 nitrogen and oxygen atoms in total. The third-order valence-electron chi connectivity index (χ3n) is 3.54. The summed E-state index contributed by atoms with van der Waals surface area (Å²) in [6.45, 7) is 1.73. The molecule has 0 aliphatic carbocycles. The third-order valence-corrected chi connectivity index (χ3v) is 3.54. The lowest BCUT2D eigenvalue weighted by Crippen LogP contribution is -2.22. The van der Waals surface area contributed by atoms with Crippen molar-refractivity contribution in [2.75, 3.05) is 11.9 Å². The monoisotopic (exact) mass is 369 g/mol. The number of ether oxygens (including phenoxy) is 1. The van der Waals surface area contributed by atoms with Gasteiger partial charge in [0, 0.05) is 5.56 Å². The number of benzene rings is 2. The molecule has 0 radical (unpaired) electrons. The van der Waals surface area contributed by atoms with Crippen molar-refractivity contribution < 1.29 is 18.7 Å². The normalized spacial score (nSPS) is 10.4. The first-order valence-electron chi connectivity index (χ1n) is 8.16. The summed E-state index contributed by atoms with van der Waals surface area (Å²) in [6.07, 6.45) is 0. The summed E-state index contributed by atoms with van der Waals surface area (Å²) in [6, 6.07) is 12.1. The summed E-state index contributed by atoms with van der Waals surface area (Å²) >= 11 is 0. The molecule has 0 aliphatic rings. The lowest BCUT2D eigenvalue weighted by atomic mass is 10.2. The summed E-state index contributed by atoms with van der Waals surface area (Å²) in [5.41, 5.74) is 1.17. The number of carbonyl (C=O) groups is 2. The van der Waals surface area contributed by atoms with E-state index in [0.29, 0.717) is 11.3 Å². The van der Waals surface area contributed by atoms with Gasteiger partial charge in [-0.15, -0.1) is 10.2 Å². The van der Waals surface area contributed by atoms with Crippen LogP contribution in [-0.4, -0.2) is 38.7 Å². The number of para-hydroxylation sites is 1. The van der Waals surface area contributed by atoms with Crippen LogP contribution in [0.15, 0.2) is 48.5 Å². The van der Waals surface area contributed by atoms with E-state index in [1.54, 1.807) is 31.2 Å². The molecule has 3 rings (SSSR count). The lowest BCUT2D eigenvalue weighted by Gasteiger charge is -2.09. The first-order chi connectivity index (χ1) is 13.1. The van der Waals surface area contributed by atoms with Gasteiger partial charge in [0.05, 0.1) is 17.9 Å². The molecular weight excluding hydrogens is 353 g/mol. The van der Waals surface area contributed by atoms with E-state index >= 15 is 0 Å². The number of hydrogen-bond acceptors (Lipinski definition) is 6. The largest absolute Gasteiger partial charge is 0.462 e. The lowest BCUT2D eigenvalue weighted by molar-refractivity contribution is -0.117. The minimum absolute atomic E-state index is 0.203. The quantitative estimate of drug-likeness (QED) is 0.670. The number of rotatable bonds is 6. The molecule has 27 heavy (non-hydrogen) atoms. The van der Waals surface area contributed by atoms with E-state index in [1.165, 1.54) is 24.3 Å². The Morgan fingerprint density at radius 2 is 1.89 bits per heavy atom. The van der Waals surface area contributed by atoms with Crippen LogP contribution < -0.4 is 5.32 Å². The summed E-state index contributed by atoms with van der Waals surface area (Å²) in [7, 11) is 0. The molecule has 0 saturated carbocycles. The molecule has 9 heteroatoms. The van der Waals surface area contributed by atoms with Crippen molar-refractivity contribution in [2.24, 2.45) is 0 Å². The van der Waals surface area contributed by atoms with Gasteiger partial charge in [-0.2, -0.15) is 4.80 Å². The summed E-state index contributed by atoms with van der Waals surface area (Å²) in [5, 5.41) is 14.4. The molecule has 0 saturated heterocycles. The second kappa shape index (κ2) is 8.17. The number of nitrogens with one attached hydrogen (secondary N) is 1. The summed E-state index contributed by atoms with van der Waals surface area (Å²) in [5.74, 6) is -1.05. The molecular formula is C18H16FN5O3. The standard InChI is InChI=1S/C18H16FN5O3/c1-2-27-18(26)14-5-3-4-6-15(14)20-16(25)11-24-22-17(21-23-24)12-7-9-13(19)10-8-12/h3-10H,2,11H2,1H3,(H,20,25). The van der Waals surface area contributed by atoms with Crippen molar-refractivity contribution in [2.45, 2.75) is 13.5 Å². The Kier molecular flexibility index (Phi) is 5.50. The number of carbonyl (C=O) groups excluding carboxylic acids is 2. The molecule has 0 atom stereocenters. The fourth-order valence-corrected chi connectivity index (χ4v) is 2.32. The minimum atomic E-state index is -0.522. The maximum Gasteiger partial charge on any atom is 0.340 e. The van der Waals surface area contributed by atoms with Gasteiger partial charge < -0.3 is 10.1 Å². The molecule has 0 aliphatic heterocycles. The fraction of sp³-hybridized carbons (Fsp3) is 0.167. The molecule has 0 bridgehead atoms. The van der Waals surface area contributed by atoms with Crippen molar-refractivity contribution >= 4 is 17.6 Å². The fourth-order valence-electron chi connectivity index (χ4n) is 2.32. The van der Waals surface area contributed by atoms with Gasteiger partial charge >= 0.3 is 5.97 Å². The zero-order valence-corrected chi connectivity index (χ0v) is 14.4. The van der Waals surface area contributed by atoms with Crippen molar-refractivity contribution in [3.8, 4) is 11.4 Å². The first kappa shape index (κ1) is 18.2. The maximum atomic E-state index is 13.0. The molecule has 0 fully saturated rings. The second-order valence-electron chi connectivity index (χ2n) is 5.46. The van der Waals surface area contributed by atoms with Crippen LogP contribution in [0.1, 0.15) is 17.3 Å². The van der Waals surface area contributed by atoms with Gasteiger partial charge in [0.25, 0.3) is 0 Å². The average molecular weight is 369 g/mol. The summed E-state index contributed by atoms with van der Waals surface area (Å²) in [4.78, 5) is 25.3. The number of amides is 1. The Morgan fingerprint density at radius 1 is 1.15 bits per heavy atom. The van der Waals surface area contributed by atoms with Gasteiger partial charge in [0.1, 0.15) is 12.4 Å². The van der Waals surface area contributed by atoms with Crippen LogP contribution in [0.4, 0.5) is 10.1 Å². The first-order valence-corrected chi connectivity index (χ1v) is 8.16. The molecule has 2 aromatic carbocycles. The Morgan fingerprint density at radius 3 is 2.63 bits per heavy atom. The van der Waals surface area contributed by atoms with Crippen LogP contribution in [0.3, 0.4) is 0 Å².